The number of morpholine rings is 1. The van der Waals surface area contributed by atoms with Gasteiger partial charge in [-0.15, -0.1) is 0 Å². The molecule has 0 unspecified atom stereocenters. The molecule has 0 aliphatic carbocycles. The van der Waals surface area contributed by atoms with Crippen molar-refractivity contribution in [1.82, 2.24) is 4.90 Å². The summed E-state index contributed by atoms with van der Waals surface area (Å²) in [6.07, 6.45) is -0.230. The van der Waals surface area contributed by atoms with Crippen molar-refractivity contribution in [3.63, 3.8) is 0 Å². The molecule has 5 nitrogen and oxygen atoms in total. The van der Waals surface area contributed by atoms with Gasteiger partial charge in [-0.3, -0.25) is 4.79 Å². The van der Waals surface area contributed by atoms with Crippen LogP contribution in [0.4, 0.5) is 0 Å². The summed E-state index contributed by atoms with van der Waals surface area (Å²) in [5, 5.41) is 9.57. The molecule has 0 radical (unpaired) electrons. The molecule has 1 aromatic carbocycles. The lowest BCUT2D eigenvalue weighted by atomic mass is 10.0. The van der Waals surface area contributed by atoms with Crippen LogP contribution in [-0.2, 0) is 4.74 Å². The maximum atomic E-state index is 12.9. The van der Waals surface area contributed by atoms with Crippen molar-refractivity contribution in [3.8, 4) is 6.07 Å². The Morgan fingerprint density at radius 2 is 2.21 bits per heavy atom. The Hall–Kier alpha value is -2.29. The molecule has 3 rings (SSSR count). The van der Waals surface area contributed by atoms with Gasteiger partial charge < -0.3 is 14.1 Å². The van der Waals surface area contributed by atoms with E-state index in [9.17, 15) is 4.79 Å². The number of amides is 1. The monoisotopic (exact) mass is 344 g/mol. The van der Waals surface area contributed by atoms with E-state index in [2.05, 4.69) is 0 Å². The van der Waals surface area contributed by atoms with Crippen LogP contribution in [0.1, 0.15) is 40.5 Å². The predicted octanol–water partition coefficient (Wildman–Crippen LogP) is 3.72. The molecule has 24 heavy (non-hydrogen) atoms. The van der Waals surface area contributed by atoms with E-state index < -0.39 is 0 Å². The lowest BCUT2D eigenvalue weighted by molar-refractivity contribution is -0.0487. The van der Waals surface area contributed by atoms with E-state index in [0.717, 1.165) is 5.56 Å². The number of benzene rings is 1. The average Bonchev–Trinajstić information content (AvgIpc) is 2.95. The molecule has 0 saturated carbocycles. The highest BCUT2D eigenvalue weighted by atomic mass is 35.5. The Morgan fingerprint density at radius 1 is 1.42 bits per heavy atom. The Balaban J connectivity index is 1.84. The lowest BCUT2D eigenvalue weighted by Gasteiger charge is -2.38. The number of halogens is 1. The van der Waals surface area contributed by atoms with Crippen molar-refractivity contribution in [2.45, 2.75) is 26.0 Å². The Labute approximate surface area is 145 Å². The average molecular weight is 345 g/mol. The lowest BCUT2D eigenvalue weighted by Crippen LogP contribution is -2.48. The number of carbonyl (C=O) groups is 1. The van der Waals surface area contributed by atoms with E-state index in [1.54, 1.807) is 17.9 Å². The van der Waals surface area contributed by atoms with Gasteiger partial charge in [0.25, 0.3) is 5.91 Å². The first kappa shape index (κ1) is 16.6. The molecule has 0 bridgehead atoms. The number of furan rings is 1. The number of hydrogen-bond acceptors (Lipinski definition) is 4. The highest BCUT2D eigenvalue weighted by Crippen LogP contribution is 2.28. The van der Waals surface area contributed by atoms with Crippen LogP contribution >= 0.6 is 11.6 Å². The summed E-state index contributed by atoms with van der Waals surface area (Å²) < 4.78 is 11.2. The molecule has 1 aromatic heterocycles. The van der Waals surface area contributed by atoms with Gasteiger partial charge in [0.15, 0.2) is 0 Å². The highest BCUT2D eigenvalue weighted by molar-refractivity contribution is 6.30. The van der Waals surface area contributed by atoms with Gasteiger partial charge in [0, 0.05) is 11.1 Å². The number of ether oxygens (including phenoxy) is 1. The van der Waals surface area contributed by atoms with Gasteiger partial charge >= 0.3 is 0 Å². The van der Waals surface area contributed by atoms with Crippen LogP contribution in [-0.4, -0.2) is 30.0 Å². The number of nitriles is 1. The second-order valence-electron chi connectivity index (χ2n) is 5.88. The first-order valence-corrected chi connectivity index (χ1v) is 8.06. The normalized spacial score (nSPS) is 20.7. The third-order valence-corrected chi connectivity index (χ3v) is 4.41. The molecule has 2 atom stereocenters. The van der Waals surface area contributed by atoms with E-state index in [4.69, 9.17) is 26.0 Å². The number of nitrogens with zero attached hydrogens (tertiary/aromatic N) is 2. The fourth-order valence-corrected chi connectivity index (χ4v) is 3.05. The zero-order valence-corrected chi connectivity index (χ0v) is 14.2. The van der Waals surface area contributed by atoms with Gasteiger partial charge in [0.2, 0.25) is 5.76 Å². The van der Waals surface area contributed by atoms with E-state index in [0.29, 0.717) is 29.5 Å². The van der Waals surface area contributed by atoms with Gasteiger partial charge in [0.1, 0.15) is 17.9 Å². The minimum Gasteiger partial charge on any atom is -0.450 e. The smallest absolute Gasteiger partial charge is 0.257 e. The standard InChI is InChI=1S/C18H17ClN2O3/c1-11-10-23-17(13-4-3-5-14(19)6-13)9-21(11)18(22)16-7-15(8-20)24-12(16)2/h3-7,11,17H,9-10H2,1-2H3/t11-,17+/m1/s1. The third-order valence-electron chi connectivity index (χ3n) is 4.17. The van der Waals surface area contributed by atoms with Gasteiger partial charge in [-0.05, 0) is 31.5 Å². The number of carbonyl (C=O) groups excluding carboxylic acids is 1. The summed E-state index contributed by atoms with van der Waals surface area (Å²) in [5.41, 5.74) is 1.36. The summed E-state index contributed by atoms with van der Waals surface area (Å²) in [4.78, 5) is 14.6. The fourth-order valence-electron chi connectivity index (χ4n) is 2.85. The van der Waals surface area contributed by atoms with Crippen molar-refractivity contribution in [3.05, 3.63) is 58.0 Å². The number of rotatable bonds is 2. The Kier molecular flexibility index (Phi) is 4.61. The summed E-state index contributed by atoms with van der Waals surface area (Å²) in [7, 11) is 0. The summed E-state index contributed by atoms with van der Waals surface area (Å²) in [5.74, 6) is 0.443. The molecule has 0 spiro atoms. The van der Waals surface area contributed by atoms with E-state index in [1.165, 1.54) is 6.07 Å². The SMILES string of the molecule is Cc1oc(C#N)cc1C(=O)N1C[C@@H](c2cccc(Cl)c2)OC[C@H]1C. The zero-order chi connectivity index (χ0) is 17.3. The molecule has 1 amide bonds. The third kappa shape index (κ3) is 3.16. The summed E-state index contributed by atoms with van der Waals surface area (Å²) >= 11 is 6.05. The van der Waals surface area contributed by atoms with Crippen LogP contribution in [0.25, 0.3) is 0 Å². The zero-order valence-electron chi connectivity index (χ0n) is 13.5. The van der Waals surface area contributed by atoms with Crippen molar-refractivity contribution in [1.29, 1.82) is 5.26 Å². The summed E-state index contributed by atoms with van der Waals surface area (Å²) in [6, 6.07) is 10.8. The maximum Gasteiger partial charge on any atom is 0.257 e. The van der Waals surface area contributed by atoms with Gasteiger partial charge in [-0.2, -0.15) is 5.26 Å². The molecule has 1 aliphatic heterocycles. The number of hydrogen-bond donors (Lipinski definition) is 0. The Bertz CT molecular complexity index is 809. The first-order valence-electron chi connectivity index (χ1n) is 7.68. The van der Waals surface area contributed by atoms with Crippen LogP contribution in [0.15, 0.2) is 34.7 Å². The molecular weight excluding hydrogens is 328 g/mol. The van der Waals surface area contributed by atoms with Crippen molar-refractivity contribution in [2.24, 2.45) is 0 Å². The molecule has 2 aromatic rings. The quantitative estimate of drug-likeness (QED) is 0.832. The van der Waals surface area contributed by atoms with Crippen LogP contribution in [0.3, 0.4) is 0 Å². The molecule has 6 heteroatoms. The van der Waals surface area contributed by atoms with E-state index in [1.807, 2.05) is 31.2 Å². The van der Waals surface area contributed by atoms with Crippen LogP contribution in [0, 0.1) is 18.3 Å². The molecule has 1 fully saturated rings. The molecule has 2 heterocycles. The fraction of sp³-hybridized carbons (Fsp3) is 0.333. The summed E-state index contributed by atoms with van der Waals surface area (Å²) in [6.45, 7) is 4.48. The van der Waals surface area contributed by atoms with Crippen LogP contribution in [0.2, 0.25) is 5.02 Å². The largest absolute Gasteiger partial charge is 0.450 e. The number of aryl methyl sites for hydroxylation is 1. The molecule has 1 aliphatic rings. The predicted molar refractivity (Wildman–Crippen MR) is 88.8 cm³/mol. The molecule has 1 saturated heterocycles. The van der Waals surface area contributed by atoms with E-state index >= 15 is 0 Å². The van der Waals surface area contributed by atoms with Crippen LogP contribution < -0.4 is 0 Å². The van der Waals surface area contributed by atoms with Gasteiger partial charge in [-0.25, -0.2) is 0 Å². The maximum absolute atomic E-state index is 12.9. The minimum absolute atomic E-state index is 0.0623. The second-order valence-corrected chi connectivity index (χ2v) is 6.31. The highest BCUT2D eigenvalue weighted by Gasteiger charge is 2.32. The van der Waals surface area contributed by atoms with Gasteiger partial charge in [0.05, 0.1) is 24.8 Å². The molecule has 0 N–H and O–H groups in total. The molecule has 124 valence electrons. The van der Waals surface area contributed by atoms with Crippen molar-refractivity contribution in [2.75, 3.05) is 13.2 Å². The van der Waals surface area contributed by atoms with Crippen LogP contribution in [0.5, 0.6) is 0 Å². The molecular formula is C18H17ClN2O3. The Morgan fingerprint density at radius 3 is 2.88 bits per heavy atom. The first-order chi connectivity index (χ1) is 11.5. The van der Waals surface area contributed by atoms with Crippen molar-refractivity contribution >= 4 is 17.5 Å². The van der Waals surface area contributed by atoms with E-state index in [-0.39, 0.29) is 23.8 Å². The van der Waals surface area contributed by atoms with Crippen molar-refractivity contribution < 1.29 is 13.9 Å². The minimum atomic E-state index is -0.230. The second kappa shape index (κ2) is 6.68. The van der Waals surface area contributed by atoms with Gasteiger partial charge in [-0.1, -0.05) is 23.7 Å². The topological polar surface area (TPSA) is 66.5 Å².